The number of nitrogens with two attached hydrogens (primary N) is 1. The molecule has 2 rings (SSSR count). The van der Waals surface area contributed by atoms with Gasteiger partial charge in [-0.25, -0.2) is 17.6 Å². The molecule has 0 heterocycles. The van der Waals surface area contributed by atoms with Crippen LogP contribution in [0.15, 0.2) is 30.3 Å². The number of halogens is 4. The van der Waals surface area contributed by atoms with E-state index in [1.54, 1.807) is 0 Å². The van der Waals surface area contributed by atoms with Crippen LogP contribution in [0.3, 0.4) is 0 Å². The summed E-state index contributed by atoms with van der Waals surface area (Å²) in [7, 11) is 0. The maximum Gasteiger partial charge on any atom is 0.151 e. The normalized spacial score (nSPS) is 10.6. The lowest BCUT2D eigenvalue weighted by molar-refractivity contribution is 0.580. The van der Waals surface area contributed by atoms with E-state index in [2.05, 4.69) is 5.32 Å². The third kappa shape index (κ3) is 3.40. The number of hydrogen-bond acceptors (Lipinski definition) is 2. The summed E-state index contributed by atoms with van der Waals surface area (Å²) in [6.45, 7) is 0.232. The van der Waals surface area contributed by atoms with Crippen molar-refractivity contribution in [3.8, 4) is 0 Å². The molecule has 6 heteroatoms. The van der Waals surface area contributed by atoms with Crippen molar-refractivity contribution in [2.24, 2.45) is 0 Å². The SMILES string of the molecule is Nc1c(F)cc(F)cc1NCCc1cc(F)cc(F)c1. The molecule has 0 unspecified atom stereocenters. The summed E-state index contributed by atoms with van der Waals surface area (Å²) in [4.78, 5) is 0. The zero-order valence-corrected chi connectivity index (χ0v) is 10.4. The third-order valence-corrected chi connectivity index (χ3v) is 2.75. The molecule has 106 valence electrons. The summed E-state index contributed by atoms with van der Waals surface area (Å²) < 4.78 is 52.2. The van der Waals surface area contributed by atoms with Gasteiger partial charge in [0, 0.05) is 18.7 Å². The Morgan fingerprint density at radius 3 is 2.10 bits per heavy atom. The molecule has 0 aliphatic rings. The Morgan fingerprint density at radius 1 is 0.850 bits per heavy atom. The molecule has 3 N–H and O–H groups in total. The zero-order valence-electron chi connectivity index (χ0n) is 10.4. The minimum Gasteiger partial charge on any atom is -0.395 e. The van der Waals surface area contributed by atoms with Crippen LogP contribution in [0.1, 0.15) is 5.56 Å². The van der Waals surface area contributed by atoms with E-state index in [1.165, 1.54) is 12.1 Å². The van der Waals surface area contributed by atoms with E-state index in [4.69, 9.17) is 5.73 Å². The topological polar surface area (TPSA) is 38.0 Å². The number of anilines is 2. The van der Waals surface area contributed by atoms with Crippen molar-refractivity contribution >= 4 is 11.4 Å². The van der Waals surface area contributed by atoms with Gasteiger partial charge in [0.25, 0.3) is 0 Å². The Bertz CT molecular complexity index is 609. The number of nitrogen functional groups attached to an aromatic ring is 1. The highest BCUT2D eigenvalue weighted by atomic mass is 19.1. The summed E-state index contributed by atoms with van der Waals surface area (Å²) in [5, 5.41) is 2.73. The molecule has 0 spiro atoms. The van der Waals surface area contributed by atoms with Crippen molar-refractivity contribution in [1.82, 2.24) is 0 Å². The van der Waals surface area contributed by atoms with E-state index in [0.717, 1.165) is 12.1 Å². The van der Waals surface area contributed by atoms with Crippen LogP contribution in [0, 0.1) is 23.3 Å². The van der Waals surface area contributed by atoms with Crippen molar-refractivity contribution in [3.63, 3.8) is 0 Å². The highest BCUT2D eigenvalue weighted by Crippen LogP contribution is 2.23. The predicted octanol–water partition coefficient (Wildman–Crippen LogP) is 3.48. The monoisotopic (exact) mass is 284 g/mol. The molecule has 0 aliphatic carbocycles. The average molecular weight is 284 g/mol. The lowest BCUT2D eigenvalue weighted by Gasteiger charge is -2.10. The van der Waals surface area contributed by atoms with Crippen LogP contribution in [0.5, 0.6) is 0 Å². The van der Waals surface area contributed by atoms with Crippen LogP contribution < -0.4 is 11.1 Å². The number of hydrogen-bond donors (Lipinski definition) is 2. The van der Waals surface area contributed by atoms with Gasteiger partial charge in [0.05, 0.1) is 11.4 Å². The first-order chi connectivity index (χ1) is 9.45. The van der Waals surface area contributed by atoms with Gasteiger partial charge in [0.2, 0.25) is 0 Å². The molecule has 20 heavy (non-hydrogen) atoms. The Morgan fingerprint density at radius 2 is 1.45 bits per heavy atom. The van der Waals surface area contributed by atoms with Crippen LogP contribution in [0.25, 0.3) is 0 Å². The molecule has 2 nitrogen and oxygen atoms in total. The summed E-state index contributed by atoms with van der Waals surface area (Å²) in [5.74, 6) is -2.95. The number of benzene rings is 2. The molecular weight excluding hydrogens is 272 g/mol. The van der Waals surface area contributed by atoms with Gasteiger partial charge in [-0.15, -0.1) is 0 Å². The maximum atomic E-state index is 13.2. The molecule has 0 saturated carbocycles. The molecule has 0 atom stereocenters. The first-order valence-electron chi connectivity index (χ1n) is 5.89. The first kappa shape index (κ1) is 14.2. The smallest absolute Gasteiger partial charge is 0.151 e. The van der Waals surface area contributed by atoms with Crippen LogP contribution in [-0.4, -0.2) is 6.54 Å². The fourth-order valence-electron chi connectivity index (χ4n) is 1.83. The molecule has 0 aliphatic heterocycles. The first-order valence-corrected chi connectivity index (χ1v) is 5.89. The van der Waals surface area contributed by atoms with E-state index < -0.39 is 23.3 Å². The van der Waals surface area contributed by atoms with Gasteiger partial charge in [0.15, 0.2) is 5.82 Å². The minimum absolute atomic E-state index is 0.111. The van der Waals surface area contributed by atoms with Crippen molar-refractivity contribution in [2.45, 2.75) is 6.42 Å². The molecule has 0 aromatic heterocycles. The van der Waals surface area contributed by atoms with Crippen LogP contribution in [0.2, 0.25) is 0 Å². The average Bonchev–Trinajstić information content (AvgIpc) is 2.34. The predicted molar refractivity (Wildman–Crippen MR) is 69.3 cm³/mol. The second-order valence-corrected chi connectivity index (χ2v) is 4.30. The Balaban J connectivity index is 2.03. The number of nitrogens with one attached hydrogen (secondary N) is 1. The lowest BCUT2D eigenvalue weighted by Crippen LogP contribution is -2.08. The molecular formula is C14H12F4N2. The highest BCUT2D eigenvalue weighted by molar-refractivity contribution is 5.66. The summed E-state index contributed by atoms with van der Waals surface area (Å²) in [6.07, 6.45) is 0.284. The van der Waals surface area contributed by atoms with Crippen molar-refractivity contribution in [2.75, 3.05) is 17.6 Å². The van der Waals surface area contributed by atoms with E-state index in [1.807, 2.05) is 0 Å². The summed E-state index contributed by atoms with van der Waals surface area (Å²) in [5.41, 5.74) is 5.80. The van der Waals surface area contributed by atoms with Crippen molar-refractivity contribution in [3.05, 3.63) is 59.2 Å². The zero-order chi connectivity index (χ0) is 14.7. The van der Waals surface area contributed by atoms with Crippen molar-refractivity contribution < 1.29 is 17.6 Å². The molecule has 2 aromatic carbocycles. The molecule has 2 aromatic rings. The van der Waals surface area contributed by atoms with Gasteiger partial charge >= 0.3 is 0 Å². The van der Waals surface area contributed by atoms with Gasteiger partial charge in [0.1, 0.15) is 17.5 Å². The fraction of sp³-hybridized carbons (Fsp3) is 0.143. The largest absolute Gasteiger partial charge is 0.395 e. The van der Waals surface area contributed by atoms with Crippen molar-refractivity contribution in [1.29, 1.82) is 0 Å². The van der Waals surface area contributed by atoms with Gasteiger partial charge in [-0.3, -0.25) is 0 Å². The Labute approximate surface area is 113 Å². The Kier molecular flexibility index (Phi) is 4.12. The van der Waals surface area contributed by atoms with Gasteiger partial charge < -0.3 is 11.1 Å². The minimum atomic E-state index is -0.857. The highest BCUT2D eigenvalue weighted by Gasteiger charge is 2.08. The van der Waals surface area contributed by atoms with Gasteiger partial charge in [-0.1, -0.05) is 0 Å². The van der Waals surface area contributed by atoms with Crippen LogP contribution in [-0.2, 0) is 6.42 Å². The van der Waals surface area contributed by atoms with E-state index in [0.29, 0.717) is 11.6 Å². The maximum absolute atomic E-state index is 13.2. The van der Waals surface area contributed by atoms with Crippen LogP contribution >= 0.6 is 0 Å². The molecule has 0 bridgehead atoms. The lowest BCUT2D eigenvalue weighted by atomic mass is 10.1. The third-order valence-electron chi connectivity index (χ3n) is 2.75. The quantitative estimate of drug-likeness (QED) is 0.666. The second kappa shape index (κ2) is 5.81. The second-order valence-electron chi connectivity index (χ2n) is 4.30. The molecule has 0 fully saturated rings. The summed E-state index contributed by atoms with van der Waals surface area (Å²) >= 11 is 0. The van der Waals surface area contributed by atoms with Gasteiger partial charge in [-0.05, 0) is 30.2 Å². The molecule has 0 saturated heterocycles. The molecule has 0 radical (unpaired) electrons. The fourth-order valence-corrected chi connectivity index (χ4v) is 1.83. The number of rotatable bonds is 4. The van der Waals surface area contributed by atoms with E-state index in [-0.39, 0.29) is 24.3 Å². The van der Waals surface area contributed by atoms with E-state index >= 15 is 0 Å². The Hall–Kier alpha value is -2.24. The molecule has 0 amide bonds. The van der Waals surface area contributed by atoms with Gasteiger partial charge in [-0.2, -0.15) is 0 Å². The van der Waals surface area contributed by atoms with E-state index in [9.17, 15) is 17.6 Å². The summed E-state index contributed by atoms with van der Waals surface area (Å²) in [6, 6.07) is 4.91. The van der Waals surface area contributed by atoms with Crippen LogP contribution in [0.4, 0.5) is 28.9 Å². The standard InChI is InChI=1S/C14H12F4N2/c15-9-3-8(4-10(16)5-9)1-2-20-13-7-11(17)6-12(18)14(13)19/h3-7,20H,1-2,19H2.